The highest BCUT2D eigenvalue weighted by atomic mass is 19.4. The Morgan fingerprint density at radius 2 is 1.97 bits per heavy atom. The number of benzene rings is 2. The number of hydrogen-bond donors (Lipinski definition) is 2. The van der Waals surface area contributed by atoms with Crippen LogP contribution in [0.25, 0.3) is 0 Å². The van der Waals surface area contributed by atoms with Crippen molar-refractivity contribution in [3.63, 3.8) is 0 Å². The average molecular weight is 439 g/mol. The van der Waals surface area contributed by atoms with Gasteiger partial charge in [0.1, 0.15) is 11.6 Å². The van der Waals surface area contributed by atoms with E-state index in [0.29, 0.717) is 43.2 Å². The highest BCUT2D eigenvalue weighted by Crippen LogP contribution is 2.33. The molecule has 1 amide bonds. The normalized spacial score (nSPS) is 14.0. The number of carboxylic acid groups (broad SMARTS) is 1. The SMILES string of the molecule is CCC(Cc1cc2c(c(CNC(=O)c3ccc(C(F)(F)F)cc3F)c1)OCC2)C(=O)O. The highest BCUT2D eigenvalue weighted by Gasteiger charge is 2.31. The van der Waals surface area contributed by atoms with Gasteiger partial charge in [-0.2, -0.15) is 13.2 Å². The van der Waals surface area contributed by atoms with Crippen LogP contribution in [0.2, 0.25) is 0 Å². The number of amides is 1. The number of nitrogens with one attached hydrogen (secondary N) is 1. The molecule has 1 unspecified atom stereocenters. The number of ether oxygens (including phenoxy) is 1. The lowest BCUT2D eigenvalue weighted by Gasteiger charge is -2.15. The number of carboxylic acids is 1. The fourth-order valence-electron chi connectivity index (χ4n) is 3.55. The van der Waals surface area contributed by atoms with Crippen LogP contribution in [-0.2, 0) is 30.4 Å². The largest absolute Gasteiger partial charge is 0.493 e. The van der Waals surface area contributed by atoms with Crippen LogP contribution in [0, 0.1) is 11.7 Å². The number of halogens is 4. The number of fused-ring (bicyclic) bond motifs is 1. The fraction of sp³-hybridized carbons (Fsp3) is 0.364. The zero-order valence-corrected chi connectivity index (χ0v) is 16.7. The molecule has 0 saturated heterocycles. The molecule has 0 fully saturated rings. The van der Waals surface area contributed by atoms with Gasteiger partial charge in [0.05, 0.1) is 23.7 Å². The number of carbonyl (C=O) groups excluding carboxylic acids is 1. The fourth-order valence-corrected chi connectivity index (χ4v) is 3.55. The van der Waals surface area contributed by atoms with E-state index in [1.807, 2.05) is 6.07 Å². The summed E-state index contributed by atoms with van der Waals surface area (Å²) in [5.74, 6) is -2.99. The minimum absolute atomic E-state index is 0.0423. The van der Waals surface area contributed by atoms with Crippen LogP contribution in [0.3, 0.4) is 0 Å². The third-order valence-corrected chi connectivity index (χ3v) is 5.22. The van der Waals surface area contributed by atoms with Crippen molar-refractivity contribution < 1.29 is 37.0 Å². The van der Waals surface area contributed by atoms with Crippen LogP contribution < -0.4 is 10.1 Å². The topological polar surface area (TPSA) is 75.6 Å². The Hall–Kier alpha value is -3.10. The summed E-state index contributed by atoms with van der Waals surface area (Å²) in [6, 6.07) is 5.35. The molecule has 1 heterocycles. The number of rotatable bonds is 7. The van der Waals surface area contributed by atoms with Crippen LogP contribution in [0.15, 0.2) is 30.3 Å². The molecule has 2 N–H and O–H groups in total. The molecule has 0 aliphatic carbocycles. The standard InChI is InChI=1S/C22H21F4NO4/c1-2-13(21(29)30)7-12-8-14-5-6-31-19(14)15(9-12)11-27-20(28)17-4-3-16(10-18(17)23)22(24,25)26/h3-4,8-10,13H,2,5-7,11H2,1H3,(H,27,28)(H,29,30). The van der Waals surface area contributed by atoms with E-state index in [1.54, 1.807) is 13.0 Å². The maximum Gasteiger partial charge on any atom is 0.416 e. The third-order valence-electron chi connectivity index (χ3n) is 5.22. The van der Waals surface area contributed by atoms with Gasteiger partial charge in [-0.15, -0.1) is 0 Å². The van der Waals surface area contributed by atoms with E-state index >= 15 is 0 Å². The molecule has 0 bridgehead atoms. The van der Waals surface area contributed by atoms with Crippen molar-refractivity contribution in [2.75, 3.05) is 6.61 Å². The van der Waals surface area contributed by atoms with Crippen LogP contribution in [0.5, 0.6) is 5.75 Å². The lowest BCUT2D eigenvalue weighted by Crippen LogP contribution is -2.24. The predicted octanol–water partition coefficient (Wildman–Crippen LogP) is 4.36. The zero-order valence-electron chi connectivity index (χ0n) is 16.7. The molecule has 1 atom stereocenters. The first kappa shape index (κ1) is 22.6. The summed E-state index contributed by atoms with van der Waals surface area (Å²) < 4.78 is 57.7. The second-order valence-electron chi connectivity index (χ2n) is 7.36. The minimum atomic E-state index is -4.71. The van der Waals surface area contributed by atoms with E-state index in [9.17, 15) is 32.3 Å². The van der Waals surface area contributed by atoms with Gasteiger partial charge in [0.2, 0.25) is 0 Å². The van der Waals surface area contributed by atoms with Gasteiger partial charge in [0.25, 0.3) is 5.91 Å². The number of hydrogen-bond acceptors (Lipinski definition) is 3. The Labute approximate surface area is 176 Å². The van der Waals surface area contributed by atoms with Crippen molar-refractivity contribution >= 4 is 11.9 Å². The molecule has 5 nitrogen and oxygen atoms in total. The monoisotopic (exact) mass is 439 g/mol. The van der Waals surface area contributed by atoms with Gasteiger partial charge in [-0.25, -0.2) is 4.39 Å². The van der Waals surface area contributed by atoms with Gasteiger partial charge in [-0.1, -0.05) is 19.1 Å². The number of aliphatic carboxylic acids is 1. The van der Waals surface area contributed by atoms with Crippen LogP contribution in [0.1, 0.15) is 46.0 Å². The second-order valence-corrected chi connectivity index (χ2v) is 7.36. The minimum Gasteiger partial charge on any atom is -0.493 e. The van der Waals surface area contributed by atoms with Gasteiger partial charge in [-0.05, 0) is 42.2 Å². The molecule has 31 heavy (non-hydrogen) atoms. The Kier molecular flexibility index (Phi) is 6.52. The van der Waals surface area contributed by atoms with E-state index in [2.05, 4.69) is 5.32 Å². The van der Waals surface area contributed by atoms with E-state index in [1.165, 1.54) is 0 Å². The maximum absolute atomic E-state index is 14.1. The van der Waals surface area contributed by atoms with Crippen molar-refractivity contribution in [3.8, 4) is 5.75 Å². The van der Waals surface area contributed by atoms with Crippen LogP contribution >= 0.6 is 0 Å². The summed E-state index contributed by atoms with van der Waals surface area (Å²) in [6.45, 7) is 2.19. The van der Waals surface area contributed by atoms with Crippen LogP contribution in [-0.4, -0.2) is 23.6 Å². The third kappa shape index (κ3) is 5.15. The average Bonchev–Trinajstić information content (AvgIpc) is 3.17. The van der Waals surface area contributed by atoms with Gasteiger partial charge < -0.3 is 15.2 Å². The lowest BCUT2D eigenvalue weighted by atomic mass is 9.93. The van der Waals surface area contributed by atoms with Crippen LogP contribution in [0.4, 0.5) is 17.6 Å². The first-order valence-corrected chi connectivity index (χ1v) is 9.75. The summed E-state index contributed by atoms with van der Waals surface area (Å²) in [5.41, 5.74) is 0.597. The number of alkyl halides is 3. The molecule has 0 spiro atoms. The Morgan fingerprint density at radius 1 is 1.23 bits per heavy atom. The van der Waals surface area contributed by atoms with Crippen molar-refractivity contribution in [3.05, 3.63) is 64.0 Å². The molecule has 1 aliphatic rings. The molecule has 3 rings (SSSR count). The van der Waals surface area contributed by atoms with Crippen molar-refractivity contribution in [1.82, 2.24) is 5.32 Å². The Morgan fingerprint density at radius 3 is 2.58 bits per heavy atom. The van der Waals surface area contributed by atoms with E-state index in [0.717, 1.165) is 17.2 Å². The summed E-state index contributed by atoms with van der Waals surface area (Å²) in [6.07, 6.45) is -3.29. The highest BCUT2D eigenvalue weighted by molar-refractivity contribution is 5.94. The van der Waals surface area contributed by atoms with E-state index < -0.39 is 40.9 Å². The predicted molar refractivity (Wildman–Crippen MR) is 103 cm³/mol. The molecule has 0 radical (unpaired) electrons. The number of carbonyl (C=O) groups is 2. The summed E-state index contributed by atoms with van der Waals surface area (Å²) in [5, 5.41) is 11.8. The molecular weight excluding hydrogens is 418 g/mol. The van der Waals surface area contributed by atoms with Crippen molar-refractivity contribution in [1.29, 1.82) is 0 Å². The van der Waals surface area contributed by atoms with Gasteiger partial charge in [0, 0.05) is 18.5 Å². The molecule has 2 aromatic carbocycles. The Bertz CT molecular complexity index is 1000. The van der Waals surface area contributed by atoms with Gasteiger partial charge in [0.15, 0.2) is 0 Å². The summed E-state index contributed by atoms with van der Waals surface area (Å²) in [7, 11) is 0. The van der Waals surface area contributed by atoms with Gasteiger partial charge >= 0.3 is 12.1 Å². The van der Waals surface area contributed by atoms with E-state index in [4.69, 9.17) is 4.74 Å². The smallest absolute Gasteiger partial charge is 0.416 e. The molecule has 1 aliphatic heterocycles. The molecule has 0 saturated carbocycles. The first-order chi connectivity index (χ1) is 14.6. The first-order valence-electron chi connectivity index (χ1n) is 9.75. The molecular formula is C22H21F4NO4. The van der Waals surface area contributed by atoms with Gasteiger partial charge in [-0.3, -0.25) is 9.59 Å². The molecule has 9 heteroatoms. The lowest BCUT2D eigenvalue weighted by molar-refractivity contribution is -0.141. The summed E-state index contributed by atoms with van der Waals surface area (Å²) >= 11 is 0. The maximum atomic E-state index is 14.1. The zero-order chi connectivity index (χ0) is 22.8. The summed E-state index contributed by atoms with van der Waals surface area (Å²) in [4.78, 5) is 23.7. The molecule has 2 aromatic rings. The van der Waals surface area contributed by atoms with Crippen molar-refractivity contribution in [2.45, 2.75) is 38.9 Å². The Balaban J connectivity index is 1.78. The quantitative estimate of drug-likeness (QED) is 0.629. The molecule has 166 valence electrons. The molecule has 0 aromatic heterocycles. The van der Waals surface area contributed by atoms with Crippen molar-refractivity contribution in [2.24, 2.45) is 5.92 Å². The van der Waals surface area contributed by atoms with E-state index in [-0.39, 0.29) is 12.6 Å². The second kappa shape index (κ2) is 8.95.